The van der Waals surface area contributed by atoms with Crippen LogP contribution < -0.4 is 4.90 Å². The van der Waals surface area contributed by atoms with Gasteiger partial charge in [0.05, 0.1) is 4.92 Å². The van der Waals surface area contributed by atoms with Crippen molar-refractivity contribution in [2.45, 2.75) is 6.54 Å². The highest BCUT2D eigenvalue weighted by Crippen LogP contribution is 2.36. The zero-order valence-electron chi connectivity index (χ0n) is 13.5. The molecule has 25 heavy (non-hydrogen) atoms. The van der Waals surface area contributed by atoms with Crippen LogP contribution in [-0.2, 0) is 6.54 Å². The second-order valence-corrected chi connectivity index (χ2v) is 5.96. The summed E-state index contributed by atoms with van der Waals surface area (Å²) in [5, 5.41) is 11.2. The second kappa shape index (κ2) is 6.24. The summed E-state index contributed by atoms with van der Waals surface area (Å²) >= 11 is 0. The van der Waals surface area contributed by atoms with Gasteiger partial charge in [0.1, 0.15) is 0 Å². The van der Waals surface area contributed by atoms with E-state index < -0.39 is 0 Å². The van der Waals surface area contributed by atoms with Gasteiger partial charge in [0, 0.05) is 30.1 Å². The number of nitro benzene ring substituents is 1. The van der Waals surface area contributed by atoms with Gasteiger partial charge < -0.3 is 4.90 Å². The number of hydrogen-bond acceptors (Lipinski definition) is 3. The number of nitro groups is 1. The normalized spacial score (nSPS) is 13.1. The first-order chi connectivity index (χ1) is 12.2. The summed E-state index contributed by atoms with van der Waals surface area (Å²) < 4.78 is 0. The molecule has 0 saturated carbocycles. The average Bonchev–Trinajstić information content (AvgIpc) is 2.67. The van der Waals surface area contributed by atoms with Crippen LogP contribution in [0.2, 0.25) is 0 Å². The van der Waals surface area contributed by atoms with Crippen molar-refractivity contribution in [3.8, 4) is 0 Å². The molecule has 122 valence electrons. The van der Waals surface area contributed by atoms with Crippen LogP contribution in [0.3, 0.4) is 0 Å². The topological polar surface area (TPSA) is 46.4 Å². The first kappa shape index (κ1) is 15.1. The van der Waals surface area contributed by atoms with Crippen molar-refractivity contribution in [2.75, 3.05) is 4.90 Å². The summed E-state index contributed by atoms with van der Waals surface area (Å²) in [5.41, 5.74) is 5.43. The predicted octanol–water partition coefficient (Wildman–Crippen LogP) is 5.11. The molecule has 0 aliphatic carbocycles. The SMILES string of the molecule is O=[N+]([O-])c1cccc(N2Cc3ccccc3C=C2c2ccccc2)c1. The number of fused-ring (bicyclic) bond motifs is 1. The molecule has 4 heteroatoms. The zero-order valence-corrected chi connectivity index (χ0v) is 13.5. The molecule has 0 unspecified atom stereocenters. The quantitative estimate of drug-likeness (QED) is 0.495. The van der Waals surface area contributed by atoms with Crippen LogP contribution in [0, 0.1) is 10.1 Å². The second-order valence-electron chi connectivity index (χ2n) is 5.96. The van der Waals surface area contributed by atoms with Crippen LogP contribution in [0.5, 0.6) is 0 Å². The third-order valence-corrected chi connectivity index (χ3v) is 4.39. The van der Waals surface area contributed by atoms with Gasteiger partial charge in [-0.2, -0.15) is 0 Å². The van der Waals surface area contributed by atoms with Crippen molar-refractivity contribution in [3.63, 3.8) is 0 Å². The van der Waals surface area contributed by atoms with E-state index in [0.29, 0.717) is 6.54 Å². The zero-order chi connectivity index (χ0) is 17.2. The Bertz CT molecular complexity index is 964. The van der Waals surface area contributed by atoms with Crippen molar-refractivity contribution >= 4 is 23.1 Å². The van der Waals surface area contributed by atoms with E-state index in [1.54, 1.807) is 12.1 Å². The molecule has 4 nitrogen and oxygen atoms in total. The first-order valence-electron chi connectivity index (χ1n) is 8.09. The van der Waals surface area contributed by atoms with E-state index in [0.717, 1.165) is 16.9 Å². The molecule has 0 atom stereocenters. The maximum atomic E-state index is 11.2. The van der Waals surface area contributed by atoms with Crippen LogP contribution >= 0.6 is 0 Å². The van der Waals surface area contributed by atoms with Crippen LogP contribution in [0.4, 0.5) is 11.4 Å². The molecular formula is C21H16N2O2. The van der Waals surface area contributed by atoms with Gasteiger partial charge in [-0.15, -0.1) is 0 Å². The fourth-order valence-electron chi connectivity index (χ4n) is 3.15. The number of rotatable bonds is 3. The lowest BCUT2D eigenvalue weighted by Crippen LogP contribution is -2.24. The van der Waals surface area contributed by atoms with Crippen LogP contribution in [-0.4, -0.2) is 4.92 Å². The third kappa shape index (κ3) is 2.90. The molecule has 0 saturated heterocycles. The van der Waals surface area contributed by atoms with Gasteiger partial charge >= 0.3 is 0 Å². The third-order valence-electron chi connectivity index (χ3n) is 4.39. The van der Waals surface area contributed by atoms with Crippen LogP contribution in [0.25, 0.3) is 11.8 Å². The smallest absolute Gasteiger partial charge is 0.271 e. The minimum atomic E-state index is -0.354. The van der Waals surface area contributed by atoms with E-state index in [9.17, 15) is 10.1 Å². The monoisotopic (exact) mass is 328 g/mol. The van der Waals surface area contributed by atoms with Gasteiger partial charge in [-0.05, 0) is 28.8 Å². The molecule has 0 aromatic heterocycles. The standard InChI is InChI=1S/C21H16N2O2/c24-23(25)20-12-6-11-19(14-20)22-15-18-10-5-4-9-17(18)13-21(22)16-7-2-1-3-8-16/h1-14H,15H2. The van der Waals surface area contributed by atoms with Crippen molar-refractivity contribution in [3.05, 3.63) is 106 Å². The molecule has 0 amide bonds. The number of non-ortho nitro benzene ring substituents is 1. The average molecular weight is 328 g/mol. The molecular weight excluding hydrogens is 312 g/mol. The molecule has 1 heterocycles. The Morgan fingerprint density at radius 1 is 0.880 bits per heavy atom. The number of hydrogen-bond donors (Lipinski definition) is 0. The van der Waals surface area contributed by atoms with Crippen molar-refractivity contribution in [1.82, 2.24) is 0 Å². The van der Waals surface area contributed by atoms with Gasteiger partial charge in [0.2, 0.25) is 0 Å². The van der Waals surface area contributed by atoms with E-state index in [2.05, 4.69) is 35.2 Å². The molecule has 4 rings (SSSR count). The molecule has 0 bridgehead atoms. The minimum absolute atomic E-state index is 0.101. The first-order valence-corrected chi connectivity index (χ1v) is 8.09. The van der Waals surface area contributed by atoms with Gasteiger partial charge in [-0.3, -0.25) is 10.1 Å². The maximum Gasteiger partial charge on any atom is 0.271 e. The van der Waals surface area contributed by atoms with E-state index in [1.165, 1.54) is 17.2 Å². The Labute approximate surface area is 145 Å². The Morgan fingerprint density at radius 2 is 1.64 bits per heavy atom. The molecule has 3 aromatic carbocycles. The van der Waals surface area contributed by atoms with E-state index in [1.807, 2.05) is 36.4 Å². The predicted molar refractivity (Wildman–Crippen MR) is 100 cm³/mol. The molecule has 1 aliphatic heterocycles. The van der Waals surface area contributed by atoms with Crippen molar-refractivity contribution in [2.24, 2.45) is 0 Å². The molecule has 0 spiro atoms. The lowest BCUT2D eigenvalue weighted by Gasteiger charge is -2.32. The number of benzene rings is 3. The Hall–Kier alpha value is -3.40. The Kier molecular flexibility index (Phi) is 3.78. The molecule has 0 fully saturated rings. The lowest BCUT2D eigenvalue weighted by atomic mass is 9.97. The fourth-order valence-corrected chi connectivity index (χ4v) is 3.15. The highest BCUT2D eigenvalue weighted by molar-refractivity contribution is 5.92. The summed E-state index contributed by atoms with van der Waals surface area (Å²) in [7, 11) is 0. The molecule has 1 aliphatic rings. The summed E-state index contributed by atoms with van der Waals surface area (Å²) in [6, 6.07) is 25.2. The lowest BCUT2D eigenvalue weighted by molar-refractivity contribution is -0.384. The van der Waals surface area contributed by atoms with Crippen molar-refractivity contribution < 1.29 is 4.92 Å². The minimum Gasteiger partial charge on any atom is -0.336 e. The van der Waals surface area contributed by atoms with Crippen molar-refractivity contribution in [1.29, 1.82) is 0 Å². The molecule has 3 aromatic rings. The van der Waals surface area contributed by atoms with E-state index in [-0.39, 0.29) is 10.6 Å². The summed E-state index contributed by atoms with van der Waals surface area (Å²) in [4.78, 5) is 12.9. The Morgan fingerprint density at radius 3 is 2.44 bits per heavy atom. The summed E-state index contributed by atoms with van der Waals surface area (Å²) in [5.74, 6) is 0. The van der Waals surface area contributed by atoms with E-state index in [4.69, 9.17) is 0 Å². The maximum absolute atomic E-state index is 11.2. The van der Waals surface area contributed by atoms with Crippen LogP contribution in [0.15, 0.2) is 78.9 Å². The molecule has 0 radical (unpaired) electrons. The summed E-state index contributed by atoms with van der Waals surface area (Å²) in [6.45, 7) is 0.679. The largest absolute Gasteiger partial charge is 0.336 e. The summed E-state index contributed by atoms with van der Waals surface area (Å²) in [6.07, 6.45) is 2.15. The van der Waals surface area contributed by atoms with Crippen LogP contribution in [0.1, 0.15) is 16.7 Å². The fraction of sp³-hybridized carbons (Fsp3) is 0.0476. The van der Waals surface area contributed by atoms with Gasteiger partial charge in [0.15, 0.2) is 0 Å². The highest BCUT2D eigenvalue weighted by atomic mass is 16.6. The number of nitrogens with zero attached hydrogens (tertiary/aromatic N) is 2. The number of anilines is 1. The van der Waals surface area contributed by atoms with Gasteiger partial charge in [-0.1, -0.05) is 60.7 Å². The highest BCUT2D eigenvalue weighted by Gasteiger charge is 2.21. The van der Waals surface area contributed by atoms with E-state index >= 15 is 0 Å². The van der Waals surface area contributed by atoms with Gasteiger partial charge in [0.25, 0.3) is 5.69 Å². The van der Waals surface area contributed by atoms with Gasteiger partial charge in [-0.25, -0.2) is 0 Å². The Balaban J connectivity index is 1.86. The molecule has 0 N–H and O–H groups in total.